The molecule has 1 aromatic carbocycles. The maximum absolute atomic E-state index is 12.1. The van der Waals surface area contributed by atoms with E-state index in [4.69, 9.17) is 4.42 Å². The SMILES string of the molecule is Cc1cc2cc3c(C)cc(=O)n4c3c(c2o1)C=CC4. The minimum Gasteiger partial charge on any atom is -0.461 e. The number of benzene rings is 1. The fourth-order valence-corrected chi connectivity index (χ4v) is 2.98. The lowest BCUT2D eigenvalue weighted by Crippen LogP contribution is -2.21. The molecule has 0 fully saturated rings. The molecule has 1 aliphatic heterocycles. The van der Waals surface area contributed by atoms with Gasteiger partial charge in [0.15, 0.2) is 0 Å². The maximum atomic E-state index is 12.1. The van der Waals surface area contributed by atoms with E-state index < -0.39 is 0 Å². The van der Waals surface area contributed by atoms with Gasteiger partial charge in [0.05, 0.1) is 5.52 Å². The summed E-state index contributed by atoms with van der Waals surface area (Å²) in [5, 5.41) is 2.23. The highest BCUT2D eigenvalue weighted by Crippen LogP contribution is 2.33. The zero-order chi connectivity index (χ0) is 13.1. The summed E-state index contributed by atoms with van der Waals surface area (Å²) >= 11 is 0. The van der Waals surface area contributed by atoms with Gasteiger partial charge >= 0.3 is 0 Å². The third-order valence-corrected chi connectivity index (χ3v) is 3.81. The van der Waals surface area contributed by atoms with Crippen LogP contribution < -0.4 is 5.56 Å². The molecule has 3 aromatic rings. The number of hydrogen-bond acceptors (Lipinski definition) is 2. The molecule has 0 N–H and O–H groups in total. The number of pyridine rings is 1. The van der Waals surface area contributed by atoms with Crippen molar-refractivity contribution in [2.45, 2.75) is 20.4 Å². The molecule has 0 aliphatic carbocycles. The Morgan fingerprint density at radius 1 is 1.21 bits per heavy atom. The van der Waals surface area contributed by atoms with Gasteiger partial charge in [-0.1, -0.05) is 12.2 Å². The van der Waals surface area contributed by atoms with Crippen molar-refractivity contribution in [1.82, 2.24) is 4.57 Å². The summed E-state index contributed by atoms with van der Waals surface area (Å²) in [7, 11) is 0. The highest BCUT2D eigenvalue weighted by Gasteiger charge is 2.17. The molecule has 0 amide bonds. The number of aryl methyl sites for hydroxylation is 2. The number of nitrogens with zero attached hydrogens (tertiary/aromatic N) is 1. The predicted octanol–water partition coefficient (Wildman–Crippen LogP) is 3.39. The standard InChI is InChI=1S/C16H13NO2/c1-9-6-14(18)17-5-3-4-12-15(17)13(9)8-11-7-10(2)19-16(11)12/h3-4,6-8H,5H2,1-2H3. The molecule has 94 valence electrons. The van der Waals surface area contributed by atoms with Crippen molar-refractivity contribution in [1.29, 1.82) is 0 Å². The lowest BCUT2D eigenvalue weighted by atomic mass is 10.0. The van der Waals surface area contributed by atoms with Gasteiger partial charge in [0.2, 0.25) is 0 Å². The fraction of sp³-hybridized carbons (Fsp3) is 0.188. The number of aromatic nitrogens is 1. The van der Waals surface area contributed by atoms with E-state index in [1.807, 2.05) is 30.6 Å². The Morgan fingerprint density at radius 2 is 2.05 bits per heavy atom. The summed E-state index contributed by atoms with van der Waals surface area (Å²) in [6.07, 6.45) is 4.07. The van der Waals surface area contributed by atoms with E-state index in [1.54, 1.807) is 6.07 Å². The first-order valence-electron chi connectivity index (χ1n) is 6.39. The van der Waals surface area contributed by atoms with Crippen LogP contribution in [0.3, 0.4) is 0 Å². The van der Waals surface area contributed by atoms with Gasteiger partial charge in [-0.15, -0.1) is 0 Å². The van der Waals surface area contributed by atoms with Gasteiger partial charge in [-0.3, -0.25) is 4.79 Å². The van der Waals surface area contributed by atoms with Crippen LogP contribution in [0.5, 0.6) is 0 Å². The fourth-order valence-electron chi connectivity index (χ4n) is 2.98. The minimum atomic E-state index is 0.0539. The Balaban J connectivity index is 2.38. The highest BCUT2D eigenvalue weighted by molar-refractivity contribution is 6.04. The van der Waals surface area contributed by atoms with E-state index in [1.165, 1.54) is 0 Å². The van der Waals surface area contributed by atoms with Crippen LogP contribution in [0.25, 0.3) is 27.9 Å². The Labute approximate surface area is 109 Å². The van der Waals surface area contributed by atoms with Gasteiger partial charge in [0, 0.05) is 28.9 Å². The first-order valence-corrected chi connectivity index (χ1v) is 6.39. The largest absolute Gasteiger partial charge is 0.461 e. The second kappa shape index (κ2) is 3.38. The van der Waals surface area contributed by atoms with Crippen LogP contribution in [-0.2, 0) is 6.54 Å². The number of furan rings is 1. The summed E-state index contributed by atoms with van der Waals surface area (Å²) < 4.78 is 7.61. The Bertz CT molecular complexity index is 925. The van der Waals surface area contributed by atoms with Gasteiger partial charge in [0.25, 0.3) is 5.56 Å². The molecular formula is C16H13NO2. The molecule has 19 heavy (non-hydrogen) atoms. The Kier molecular flexibility index (Phi) is 1.89. The maximum Gasteiger partial charge on any atom is 0.251 e. The van der Waals surface area contributed by atoms with Crippen LogP contribution >= 0.6 is 0 Å². The molecule has 0 saturated carbocycles. The van der Waals surface area contributed by atoms with Gasteiger partial charge in [-0.2, -0.15) is 0 Å². The monoisotopic (exact) mass is 251 g/mol. The molecule has 1 aliphatic rings. The van der Waals surface area contributed by atoms with Crippen molar-refractivity contribution in [3.05, 3.63) is 51.5 Å². The third kappa shape index (κ3) is 1.30. The minimum absolute atomic E-state index is 0.0539. The number of allylic oxidation sites excluding steroid dienone is 1. The van der Waals surface area contributed by atoms with Crippen molar-refractivity contribution in [3.8, 4) is 0 Å². The highest BCUT2D eigenvalue weighted by atomic mass is 16.3. The van der Waals surface area contributed by atoms with E-state index in [-0.39, 0.29) is 5.56 Å². The van der Waals surface area contributed by atoms with Crippen LogP contribution in [0.2, 0.25) is 0 Å². The van der Waals surface area contributed by atoms with Crippen molar-refractivity contribution in [2.24, 2.45) is 0 Å². The molecule has 2 aromatic heterocycles. The van der Waals surface area contributed by atoms with Crippen LogP contribution in [-0.4, -0.2) is 4.57 Å². The van der Waals surface area contributed by atoms with Crippen LogP contribution in [0.4, 0.5) is 0 Å². The molecule has 0 spiro atoms. The molecule has 0 bridgehead atoms. The second-order valence-corrected chi connectivity index (χ2v) is 5.14. The molecule has 3 heterocycles. The smallest absolute Gasteiger partial charge is 0.251 e. The van der Waals surface area contributed by atoms with Crippen LogP contribution in [0, 0.1) is 13.8 Å². The second-order valence-electron chi connectivity index (χ2n) is 5.14. The third-order valence-electron chi connectivity index (χ3n) is 3.81. The van der Waals surface area contributed by atoms with Crippen molar-refractivity contribution in [3.63, 3.8) is 0 Å². The lowest BCUT2D eigenvalue weighted by molar-refractivity contribution is 0.578. The summed E-state index contributed by atoms with van der Waals surface area (Å²) in [6.45, 7) is 4.57. The molecular weight excluding hydrogens is 238 g/mol. The zero-order valence-electron chi connectivity index (χ0n) is 10.9. The Hall–Kier alpha value is -2.29. The number of hydrogen-bond donors (Lipinski definition) is 0. The van der Waals surface area contributed by atoms with Gasteiger partial charge in [-0.25, -0.2) is 0 Å². The molecule has 0 saturated heterocycles. The average Bonchev–Trinajstić information content (AvgIpc) is 2.76. The van der Waals surface area contributed by atoms with E-state index in [0.29, 0.717) is 6.54 Å². The van der Waals surface area contributed by atoms with Crippen LogP contribution in [0.1, 0.15) is 16.9 Å². The van der Waals surface area contributed by atoms with Gasteiger partial charge < -0.3 is 8.98 Å². The first kappa shape index (κ1) is 10.6. The van der Waals surface area contributed by atoms with Crippen molar-refractivity contribution < 1.29 is 4.42 Å². The summed E-state index contributed by atoms with van der Waals surface area (Å²) in [6, 6.07) is 5.88. The number of fused-ring (bicyclic) bond motifs is 2. The normalized spacial score (nSPS) is 13.6. The molecule has 3 heteroatoms. The van der Waals surface area contributed by atoms with Crippen molar-refractivity contribution >= 4 is 27.9 Å². The van der Waals surface area contributed by atoms with E-state index in [2.05, 4.69) is 12.1 Å². The van der Waals surface area contributed by atoms with Gasteiger partial charge in [-0.05, 0) is 31.5 Å². The quantitative estimate of drug-likeness (QED) is 0.614. The van der Waals surface area contributed by atoms with E-state index in [0.717, 1.165) is 38.8 Å². The van der Waals surface area contributed by atoms with Crippen molar-refractivity contribution in [2.75, 3.05) is 0 Å². The zero-order valence-corrected chi connectivity index (χ0v) is 10.9. The number of rotatable bonds is 0. The molecule has 0 atom stereocenters. The summed E-state index contributed by atoms with van der Waals surface area (Å²) in [4.78, 5) is 12.1. The predicted molar refractivity (Wildman–Crippen MR) is 76.5 cm³/mol. The van der Waals surface area contributed by atoms with Gasteiger partial charge in [0.1, 0.15) is 11.3 Å². The van der Waals surface area contributed by atoms with E-state index in [9.17, 15) is 4.79 Å². The first-order chi connectivity index (χ1) is 9.15. The Morgan fingerprint density at radius 3 is 2.89 bits per heavy atom. The topological polar surface area (TPSA) is 35.1 Å². The lowest BCUT2D eigenvalue weighted by Gasteiger charge is -2.16. The summed E-state index contributed by atoms with van der Waals surface area (Å²) in [5.41, 5.74) is 3.97. The van der Waals surface area contributed by atoms with Crippen LogP contribution in [0.15, 0.2) is 33.5 Å². The molecule has 3 nitrogen and oxygen atoms in total. The molecule has 0 unspecified atom stereocenters. The average molecular weight is 251 g/mol. The van der Waals surface area contributed by atoms with E-state index >= 15 is 0 Å². The summed E-state index contributed by atoms with van der Waals surface area (Å²) in [5.74, 6) is 0.895. The molecule has 0 radical (unpaired) electrons. The molecule has 4 rings (SSSR count).